The number of hydrogen-bond acceptors (Lipinski definition) is 6. The molecular formula is C17H22N4O2. The Morgan fingerprint density at radius 3 is 2.74 bits per heavy atom. The zero-order valence-electron chi connectivity index (χ0n) is 13.3. The summed E-state index contributed by atoms with van der Waals surface area (Å²) in [5, 5.41) is 3.33. The second-order valence-corrected chi connectivity index (χ2v) is 5.38. The molecule has 3 rings (SSSR count). The zero-order valence-corrected chi connectivity index (χ0v) is 13.3. The monoisotopic (exact) mass is 314 g/mol. The molecule has 23 heavy (non-hydrogen) atoms. The third kappa shape index (κ3) is 4.18. The van der Waals surface area contributed by atoms with Gasteiger partial charge in [-0.15, -0.1) is 0 Å². The van der Waals surface area contributed by atoms with Crippen molar-refractivity contribution in [3.05, 3.63) is 48.2 Å². The molecule has 122 valence electrons. The molecule has 1 fully saturated rings. The fourth-order valence-corrected chi connectivity index (χ4v) is 2.75. The number of methoxy groups -OCH3 is 1. The van der Waals surface area contributed by atoms with Crippen LogP contribution in [0, 0.1) is 0 Å². The topological polar surface area (TPSA) is 59.5 Å². The first-order valence-electron chi connectivity index (χ1n) is 7.84. The number of rotatable bonds is 6. The van der Waals surface area contributed by atoms with Gasteiger partial charge in [0.1, 0.15) is 0 Å². The molecule has 0 unspecified atom stereocenters. The highest BCUT2D eigenvalue weighted by atomic mass is 16.5. The SMILES string of the molecule is COc1ccnc(NC[C@@H](c2ccccc2)N2CCOCC2)n1. The molecule has 0 aliphatic carbocycles. The van der Waals surface area contributed by atoms with Gasteiger partial charge in [-0.25, -0.2) is 4.98 Å². The van der Waals surface area contributed by atoms with Crippen LogP contribution in [0.5, 0.6) is 5.88 Å². The van der Waals surface area contributed by atoms with Crippen molar-refractivity contribution in [2.24, 2.45) is 0 Å². The Kier molecular flexibility index (Phi) is 5.39. The first kappa shape index (κ1) is 15.7. The normalized spacial score (nSPS) is 16.7. The van der Waals surface area contributed by atoms with Crippen molar-refractivity contribution >= 4 is 5.95 Å². The van der Waals surface area contributed by atoms with E-state index in [-0.39, 0.29) is 6.04 Å². The van der Waals surface area contributed by atoms with Gasteiger partial charge in [0, 0.05) is 31.9 Å². The summed E-state index contributed by atoms with van der Waals surface area (Å²) in [6, 6.07) is 12.5. The van der Waals surface area contributed by atoms with Gasteiger partial charge in [-0.2, -0.15) is 4.98 Å². The summed E-state index contributed by atoms with van der Waals surface area (Å²) in [7, 11) is 1.60. The summed E-state index contributed by atoms with van der Waals surface area (Å²) >= 11 is 0. The molecule has 1 aliphatic heterocycles. The number of morpholine rings is 1. The molecule has 0 amide bonds. The highest BCUT2D eigenvalue weighted by Gasteiger charge is 2.22. The van der Waals surface area contributed by atoms with Crippen LogP contribution in [0.3, 0.4) is 0 Å². The number of aromatic nitrogens is 2. The van der Waals surface area contributed by atoms with Crippen LogP contribution >= 0.6 is 0 Å². The van der Waals surface area contributed by atoms with Crippen molar-refractivity contribution in [2.45, 2.75) is 6.04 Å². The van der Waals surface area contributed by atoms with Gasteiger partial charge < -0.3 is 14.8 Å². The minimum absolute atomic E-state index is 0.259. The third-order valence-electron chi connectivity index (χ3n) is 3.96. The van der Waals surface area contributed by atoms with Gasteiger partial charge in [0.2, 0.25) is 11.8 Å². The van der Waals surface area contributed by atoms with Crippen LogP contribution in [0.2, 0.25) is 0 Å². The zero-order chi connectivity index (χ0) is 15.9. The highest BCUT2D eigenvalue weighted by Crippen LogP contribution is 2.22. The molecule has 0 saturated carbocycles. The average Bonchev–Trinajstić information content (AvgIpc) is 2.64. The maximum Gasteiger partial charge on any atom is 0.226 e. The van der Waals surface area contributed by atoms with Crippen molar-refractivity contribution in [1.82, 2.24) is 14.9 Å². The molecule has 1 aliphatic rings. The predicted molar refractivity (Wildman–Crippen MR) is 88.6 cm³/mol. The van der Waals surface area contributed by atoms with Gasteiger partial charge in [-0.05, 0) is 5.56 Å². The van der Waals surface area contributed by atoms with E-state index in [4.69, 9.17) is 9.47 Å². The van der Waals surface area contributed by atoms with E-state index in [1.807, 2.05) is 6.07 Å². The van der Waals surface area contributed by atoms with Gasteiger partial charge in [0.25, 0.3) is 0 Å². The molecule has 0 spiro atoms. The quantitative estimate of drug-likeness (QED) is 0.880. The molecule has 1 aromatic heterocycles. The fourth-order valence-electron chi connectivity index (χ4n) is 2.75. The number of ether oxygens (including phenoxy) is 2. The van der Waals surface area contributed by atoms with Crippen molar-refractivity contribution in [3.63, 3.8) is 0 Å². The minimum Gasteiger partial charge on any atom is -0.481 e. The lowest BCUT2D eigenvalue weighted by atomic mass is 10.0. The molecule has 1 aromatic carbocycles. The van der Waals surface area contributed by atoms with Crippen LogP contribution < -0.4 is 10.1 Å². The lowest BCUT2D eigenvalue weighted by Crippen LogP contribution is -2.41. The Balaban J connectivity index is 1.72. The third-order valence-corrected chi connectivity index (χ3v) is 3.96. The molecule has 1 N–H and O–H groups in total. The maximum atomic E-state index is 5.48. The molecule has 1 atom stereocenters. The summed E-state index contributed by atoms with van der Waals surface area (Å²) in [5.41, 5.74) is 1.28. The Labute approximate surface area is 136 Å². The first-order valence-corrected chi connectivity index (χ1v) is 7.84. The fraction of sp³-hybridized carbons (Fsp3) is 0.412. The lowest BCUT2D eigenvalue weighted by Gasteiger charge is -2.34. The van der Waals surface area contributed by atoms with Crippen LogP contribution in [0.4, 0.5) is 5.95 Å². The van der Waals surface area contributed by atoms with Gasteiger partial charge in [0.05, 0.1) is 26.4 Å². The summed E-state index contributed by atoms with van der Waals surface area (Å²) in [4.78, 5) is 11.0. The lowest BCUT2D eigenvalue weighted by molar-refractivity contribution is 0.0187. The standard InChI is InChI=1S/C17H22N4O2/c1-22-16-7-8-18-17(20-16)19-13-15(14-5-3-2-4-6-14)21-9-11-23-12-10-21/h2-8,15H,9-13H2,1H3,(H,18,19,20)/t15-/m0/s1. The summed E-state index contributed by atoms with van der Waals surface area (Å²) < 4.78 is 10.6. The van der Waals surface area contributed by atoms with Crippen LogP contribution in [-0.2, 0) is 4.74 Å². The van der Waals surface area contributed by atoms with Crippen LogP contribution in [0.25, 0.3) is 0 Å². The van der Waals surface area contributed by atoms with E-state index in [1.54, 1.807) is 19.4 Å². The summed E-state index contributed by atoms with van der Waals surface area (Å²) in [6.45, 7) is 4.15. The van der Waals surface area contributed by atoms with Crippen LogP contribution in [0.15, 0.2) is 42.6 Å². The van der Waals surface area contributed by atoms with Crippen molar-refractivity contribution in [2.75, 3.05) is 45.3 Å². The molecule has 2 aromatic rings. The average molecular weight is 314 g/mol. The van der Waals surface area contributed by atoms with Gasteiger partial charge in [-0.3, -0.25) is 4.90 Å². The molecule has 6 nitrogen and oxygen atoms in total. The predicted octanol–water partition coefficient (Wildman–Crippen LogP) is 1.97. The molecule has 1 saturated heterocycles. The Morgan fingerprint density at radius 2 is 2.00 bits per heavy atom. The van der Waals surface area contributed by atoms with Crippen molar-refractivity contribution in [3.8, 4) is 5.88 Å². The van der Waals surface area contributed by atoms with E-state index < -0.39 is 0 Å². The highest BCUT2D eigenvalue weighted by molar-refractivity contribution is 5.29. The van der Waals surface area contributed by atoms with E-state index in [1.165, 1.54) is 5.56 Å². The Morgan fingerprint density at radius 1 is 1.22 bits per heavy atom. The van der Waals surface area contributed by atoms with Gasteiger partial charge in [-0.1, -0.05) is 30.3 Å². The van der Waals surface area contributed by atoms with E-state index in [2.05, 4.69) is 44.5 Å². The minimum atomic E-state index is 0.259. The van der Waals surface area contributed by atoms with Crippen molar-refractivity contribution in [1.29, 1.82) is 0 Å². The summed E-state index contributed by atoms with van der Waals surface area (Å²) in [6.07, 6.45) is 1.69. The van der Waals surface area contributed by atoms with E-state index >= 15 is 0 Å². The maximum absolute atomic E-state index is 5.48. The second kappa shape index (κ2) is 7.89. The Bertz CT molecular complexity index is 603. The van der Waals surface area contributed by atoms with Gasteiger partial charge in [0.15, 0.2) is 0 Å². The van der Waals surface area contributed by atoms with Crippen LogP contribution in [-0.4, -0.2) is 54.8 Å². The van der Waals surface area contributed by atoms with Crippen molar-refractivity contribution < 1.29 is 9.47 Å². The number of anilines is 1. The number of nitrogens with zero attached hydrogens (tertiary/aromatic N) is 3. The van der Waals surface area contributed by atoms with E-state index in [0.717, 1.165) is 32.8 Å². The molecule has 6 heteroatoms. The Hall–Kier alpha value is -2.18. The smallest absolute Gasteiger partial charge is 0.226 e. The molecule has 2 heterocycles. The van der Waals surface area contributed by atoms with E-state index in [9.17, 15) is 0 Å². The molecule has 0 bridgehead atoms. The van der Waals surface area contributed by atoms with Gasteiger partial charge >= 0.3 is 0 Å². The largest absolute Gasteiger partial charge is 0.481 e. The number of nitrogens with one attached hydrogen (secondary N) is 1. The molecule has 0 radical (unpaired) electrons. The number of benzene rings is 1. The number of hydrogen-bond donors (Lipinski definition) is 1. The molecular weight excluding hydrogens is 292 g/mol. The first-order chi connectivity index (χ1) is 11.4. The summed E-state index contributed by atoms with van der Waals surface area (Å²) in [5.74, 6) is 1.14. The second-order valence-electron chi connectivity index (χ2n) is 5.38. The van der Waals surface area contributed by atoms with Crippen LogP contribution in [0.1, 0.15) is 11.6 Å². The van der Waals surface area contributed by atoms with E-state index in [0.29, 0.717) is 11.8 Å².